The number of nitriles is 1. The van der Waals surface area contributed by atoms with Crippen LogP contribution in [0.25, 0.3) is 0 Å². The molecule has 1 aliphatic rings. The third kappa shape index (κ3) is 3.67. The average molecular weight is 339 g/mol. The van der Waals surface area contributed by atoms with Crippen LogP contribution >= 0.6 is 0 Å². The van der Waals surface area contributed by atoms with Crippen LogP contribution in [0.15, 0.2) is 36.5 Å². The summed E-state index contributed by atoms with van der Waals surface area (Å²) in [5, 5.41) is 17.8. The smallest absolute Gasteiger partial charge is 0.166 e. The number of carbonyl (C=O) groups excluding carboxylic acids is 1. The molecule has 6 heteroatoms. The Kier molecular flexibility index (Phi) is 5.05. The Morgan fingerprint density at radius 3 is 2.64 bits per heavy atom. The number of hydrogen-bond donors (Lipinski definition) is 1. The van der Waals surface area contributed by atoms with Crippen LogP contribution in [-0.4, -0.2) is 29.0 Å². The largest absolute Gasteiger partial charge is 0.392 e. The number of piperidine rings is 1. The second-order valence-electron chi connectivity index (χ2n) is 6.11. The van der Waals surface area contributed by atoms with Gasteiger partial charge in [0, 0.05) is 36.3 Å². The zero-order valence-electron chi connectivity index (χ0n) is 13.7. The predicted octanol–water partition coefficient (Wildman–Crippen LogP) is 2.68. The molecule has 0 bridgehead atoms. The topological polar surface area (TPSA) is 77.2 Å². The van der Waals surface area contributed by atoms with E-state index in [0.29, 0.717) is 37.1 Å². The number of ketones is 1. The fraction of sp³-hybridized carbons (Fsp3) is 0.316. The van der Waals surface area contributed by atoms with Gasteiger partial charge in [0.25, 0.3) is 0 Å². The third-order valence-electron chi connectivity index (χ3n) is 4.57. The molecular weight excluding hydrogens is 321 g/mol. The van der Waals surface area contributed by atoms with E-state index in [1.807, 2.05) is 12.1 Å². The number of pyridine rings is 1. The lowest BCUT2D eigenvalue weighted by atomic mass is 9.88. The molecule has 0 unspecified atom stereocenters. The molecule has 1 aromatic heterocycles. The molecule has 1 fully saturated rings. The van der Waals surface area contributed by atoms with Crippen molar-refractivity contribution in [2.24, 2.45) is 5.92 Å². The Morgan fingerprint density at radius 2 is 2.08 bits per heavy atom. The number of carbonyl (C=O) groups is 1. The fourth-order valence-corrected chi connectivity index (χ4v) is 3.07. The van der Waals surface area contributed by atoms with Crippen molar-refractivity contribution >= 4 is 11.6 Å². The van der Waals surface area contributed by atoms with E-state index < -0.39 is 5.82 Å². The minimum Gasteiger partial charge on any atom is -0.392 e. The SMILES string of the molecule is N#Cc1ccc(N2CCC(C(=O)c3ccc(CO)c(F)c3)CC2)nc1. The van der Waals surface area contributed by atoms with Crippen LogP contribution in [0.4, 0.5) is 10.2 Å². The Hall–Kier alpha value is -2.78. The molecule has 1 saturated heterocycles. The quantitative estimate of drug-likeness (QED) is 0.867. The molecule has 0 saturated carbocycles. The van der Waals surface area contributed by atoms with Crippen LogP contribution in [-0.2, 0) is 6.61 Å². The summed E-state index contributed by atoms with van der Waals surface area (Å²) in [4.78, 5) is 18.9. The van der Waals surface area contributed by atoms with E-state index in [9.17, 15) is 9.18 Å². The van der Waals surface area contributed by atoms with Gasteiger partial charge in [-0.05, 0) is 31.0 Å². The van der Waals surface area contributed by atoms with Gasteiger partial charge >= 0.3 is 0 Å². The Morgan fingerprint density at radius 1 is 1.32 bits per heavy atom. The second-order valence-corrected chi connectivity index (χ2v) is 6.11. The van der Waals surface area contributed by atoms with E-state index in [2.05, 4.69) is 9.88 Å². The lowest BCUT2D eigenvalue weighted by molar-refractivity contribution is 0.0900. The van der Waals surface area contributed by atoms with Gasteiger partial charge in [-0.15, -0.1) is 0 Å². The van der Waals surface area contributed by atoms with Gasteiger partial charge in [0.1, 0.15) is 17.7 Å². The minimum absolute atomic E-state index is 0.0594. The first-order valence-corrected chi connectivity index (χ1v) is 8.17. The van der Waals surface area contributed by atoms with Crippen LogP contribution in [0.1, 0.15) is 34.3 Å². The zero-order chi connectivity index (χ0) is 17.8. The number of Topliss-reactive ketones (excluding diaryl/α,β-unsaturated/α-hetero) is 1. The lowest BCUT2D eigenvalue weighted by Gasteiger charge is -2.32. The predicted molar refractivity (Wildman–Crippen MR) is 90.5 cm³/mol. The highest BCUT2D eigenvalue weighted by Crippen LogP contribution is 2.25. The minimum atomic E-state index is -0.549. The van der Waals surface area contributed by atoms with Gasteiger partial charge in [0.15, 0.2) is 5.78 Å². The van der Waals surface area contributed by atoms with E-state index in [1.165, 1.54) is 18.3 Å². The van der Waals surface area contributed by atoms with E-state index in [-0.39, 0.29) is 23.9 Å². The van der Waals surface area contributed by atoms with Gasteiger partial charge in [-0.25, -0.2) is 9.37 Å². The second kappa shape index (κ2) is 7.41. The summed E-state index contributed by atoms with van der Waals surface area (Å²) >= 11 is 0. The summed E-state index contributed by atoms with van der Waals surface area (Å²) in [5.74, 6) is 0.0423. The molecule has 25 heavy (non-hydrogen) atoms. The van der Waals surface area contributed by atoms with Crippen LogP contribution in [0.5, 0.6) is 0 Å². The number of rotatable bonds is 4. The number of aliphatic hydroxyl groups is 1. The van der Waals surface area contributed by atoms with Gasteiger partial charge in [0.05, 0.1) is 12.2 Å². The lowest BCUT2D eigenvalue weighted by Crippen LogP contribution is -2.36. The maximum atomic E-state index is 13.8. The molecule has 1 N–H and O–H groups in total. The van der Waals surface area contributed by atoms with Crippen molar-refractivity contribution in [3.63, 3.8) is 0 Å². The van der Waals surface area contributed by atoms with Crippen molar-refractivity contribution < 1.29 is 14.3 Å². The van der Waals surface area contributed by atoms with E-state index in [4.69, 9.17) is 10.4 Å². The van der Waals surface area contributed by atoms with Gasteiger partial charge in [-0.1, -0.05) is 12.1 Å². The van der Waals surface area contributed by atoms with Crippen LogP contribution in [0.2, 0.25) is 0 Å². The molecule has 1 aliphatic heterocycles. The molecule has 0 amide bonds. The van der Waals surface area contributed by atoms with Crippen LogP contribution < -0.4 is 4.90 Å². The Labute approximate surface area is 145 Å². The summed E-state index contributed by atoms with van der Waals surface area (Å²) < 4.78 is 13.8. The van der Waals surface area contributed by atoms with Gasteiger partial charge in [-0.3, -0.25) is 4.79 Å². The number of aromatic nitrogens is 1. The van der Waals surface area contributed by atoms with Crippen molar-refractivity contribution in [1.82, 2.24) is 4.98 Å². The highest BCUT2D eigenvalue weighted by molar-refractivity contribution is 5.98. The molecule has 2 heterocycles. The van der Waals surface area contributed by atoms with Crippen LogP contribution in [0.3, 0.4) is 0 Å². The molecule has 0 spiro atoms. The number of hydrogen-bond acceptors (Lipinski definition) is 5. The Bertz CT molecular complexity index is 806. The molecule has 5 nitrogen and oxygen atoms in total. The number of halogens is 1. The molecule has 0 radical (unpaired) electrons. The first-order valence-electron chi connectivity index (χ1n) is 8.17. The van der Waals surface area contributed by atoms with E-state index in [0.717, 1.165) is 5.82 Å². The first kappa shape index (κ1) is 17.1. The zero-order valence-corrected chi connectivity index (χ0v) is 13.7. The van der Waals surface area contributed by atoms with E-state index in [1.54, 1.807) is 12.1 Å². The first-order chi connectivity index (χ1) is 12.1. The molecule has 0 atom stereocenters. The highest BCUT2D eigenvalue weighted by Gasteiger charge is 2.26. The summed E-state index contributed by atoms with van der Waals surface area (Å²) in [6.07, 6.45) is 2.88. The summed E-state index contributed by atoms with van der Waals surface area (Å²) in [7, 11) is 0. The third-order valence-corrected chi connectivity index (χ3v) is 4.57. The van der Waals surface area contributed by atoms with Crippen molar-refractivity contribution in [2.45, 2.75) is 19.4 Å². The van der Waals surface area contributed by atoms with Crippen molar-refractivity contribution in [3.8, 4) is 6.07 Å². The molecule has 3 rings (SSSR count). The molecule has 2 aromatic rings. The fourth-order valence-electron chi connectivity index (χ4n) is 3.07. The number of aliphatic hydroxyl groups excluding tert-OH is 1. The van der Waals surface area contributed by atoms with E-state index >= 15 is 0 Å². The van der Waals surface area contributed by atoms with Gasteiger partial charge in [-0.2, -0.15) is 5.26 Å². The maximum absolute atomic E-state index is 13.8. The van der Waals surface area contributed by atoms with Crippen molar-refractivity contribution in [3.05, 3.63) is 59.0 Å². The van der Waals surface area contributed by atoms with Crippen molar-refractivity contribution in [2.75, 3.05) is 18.0 Å². The van der Waals surface area contributed by atoms with Crippen LogP contribution in [0, 0.1) is 23.1 Å². The molecule has 1 aromatic carbocycles. The monoisotopic (exact) mass is 339 g/mol. The standard InChI is InChI=1S/C19H18FN3O2/c20-17-9-15(2-3-16(17)12-24)19(25)14-5-7-23(8-6-14)18-4-1-13(10-21)11-22-18/h1-4,9,11,14,24H,5-8,12H2. The molecular formula is C19H18FN3O2. The number of nitrogens with zero attached hydrogens (tertiary/aromatic N) is 3. The molecule has 0 aliphatic carbocycles. The van der Waals surface area contributed by atoms with Crippen molar-refractivity contribution in [1.29, 1.82) is 5.26 Å². The number of anilines is 1. The summed E-state index contributed by atoms with van der Waals surface area (Å²) in [6.45, 7) is 0.995. The average Bonchev–Trinajstić information content (AvgIpc) is 2.67. The highest BCUT2D eigenvalue weighted by atomic mass is 19.1. The normalized spacial score (nSPS) is 15.0. The summed E-state index contributed by atoms with van der Waals surface area (Å²) in [5.41, 5.74) is 1.06. The molecule has 128 valence electrons. The Balaban J connectivity index is 1.64. The van der Waals surface area contributed by atoms with Gasteiger partial charge in [0.2, 0.25) is 0 Å². The maximum Gasteiger partial charge on any atom is 0.166 e. The van der Waals surface area contributed by atoms with Gasteiger partial charge < -0.3 is 10.0 Å². The summed E-state index contributed by atoms with van der Waals surface area (Å²) in [6, 6.07) is 9.82. The number of benzene rings is 1.